The SMILES string of the molecule is N=C(N)NCCCN1CCC(n2cc3c(nc2=O)Nc2cc(C4CCN(S(=O)(=O)c5cccnc5)CC4)ccc2O3)CC1. The molecule has 2 fully saturated rings. The lowest BCUT2D eigenvalue weighted by molar-refractivity contribution is 0.182. The number of nitrogens with one attached hydrogen (secondary N) is 3. The molecule has 0 unspecified atom stereocenters. The van der Waals surface area contributed by atoms with E-state index in [0.29, 0.717) is 49.8 Å². The predicted octanol–water partition coefficient (Wildman–Crippen LogP) is 2.57. The van der Waals surface area contributed by atoms with Gasteiger partial charge in [-0.3, -0.25) is 15.0 Å². The Morgan fingerprint density at radius 3 is 2.63 bits per heavy atom. The first-order chi connectivity index (χ1) is 20.8. The number of rotatable bonds is 8. The average Bonchev–Trinajstić information content (AvgIpc) is 3.02. The predicted molar refractivity (Wildman–Crippen MR) is 163 cm³/mol. The summed E-state index contributed by atoms with van der Waals surface area (Å²) in [5, 5.41) is 13.4. The number of piperidine rings is 2. The summed E-state index contributed by atoms with van der Waals surface area (Å²) in [5.41, 5.74) is 6.87. The molecule has 3 aliphatic rings. The smallest absolute Gasteiger partial charge is 0.350 e. The zero-order valence-electron chi connectivity index (χ0n) is 23.9. The fraction of sp³-hybridized carbons (Fsp3) is 0.448. The highest BCUT2D eigenvalue weighted by molar-refractivity contribution is 7.89. The summed E-state index contributed by atoms with van der Waals surface area (Å²) in [7, 11) is -3.56. The standard InChI is InChI=1S/C29H37N9O4S/c30-28(31)33-11-2-12-36-13-8-22(9-14-36)38-19-26-27(35-29(38)39)34-24-17-21(4-5-25(24)42-26)20-6-15-37(16-7-20)43(40,41)23-3-1-10-32-18-23/h1,3-5,10,17-20,22H,2,6-9,11-16H2,(H4,30,31,33)(H,34,35,39). The van der Waals surface area contributed by atoms with Crippen molar-refractivity contribution in [2.24, 2.45) is 5.73 Å². The Morgan fingerprint density at radius 1 is 1.12 bits per heavy atom. The minimum atomic E-state index is -3.56. The van der Waals surface area contributed by atoms with E-state index in [1.54, 1.807) is 29.1 Å². The summed E-state index contributed by atoms with van der Waals surface area (Å²) in [4.78, 5) is 23.9. The van der Waals surface area contributed by atoms with Crippen molar-refractivity contribution < 1.29 is 13.2 Å². The van der Waals surface area contributed by atoms with Crippen LogP contribution in [0.1, 0.15) is 49.6 Å². The molecule has 6 rings (SSSR count). The molecule has 5 N–H and O–H groups in total. The van der Waals surface area contributed by atoms with E-state index in [1.165, 1.54) is 10.5 Å². The average molecular weight is 608 g/mol. The number of fused-ring (bicyclic) bond motifs is 2. The van der Waals surface area contributed by atoms with Crippen LogP contribution in [0.2, 0.25) is 0 Å². The van der Waals surface area contributed by atoms with Crippen LogP contribution >= 0.6 is 0 Å². The van der Waals surface area contributed by atoms with Crippen LogP contribution in [0.4, 0.5) is 11.5 Å². The van der Waals surface area contributed by atoms with Gasteiger partial charge in [-0.2, -0.15) is 9.29 Å². The van der Waals surface area contributed by atoms with Crippen molar-refractivity contribution in [2.45, 2.75) is 49.0 Å². The Hall–Kier alpha value is -4.01. The maximum absolute atomic E-state index is 13.0. The summed E-state index contributed by atoms with van der Waals surface area (Å²) in [5.74, 6) is 1.77. The van der Waals surface area contributed by atoms with Gasteiger partial charge in [-0.05, 0) is 74.4 Å². The molecule has 0 saturated carbocycles. The van der Waals surface area contributed by atoms with Gasteiger partial charge in [0.25, 0.3) is 0 Å². The van der Waals surface area contributed by atoms with E-state index < -0.39 is 10.0 Å². The maximum Gasteiger partial charge on any atom is 0.350 e. The lowest BCUT2D eigenvalue weighted by Crippen LogP contribution is -2.39. The first-order valence-electron chi connectivity index (χ1n) is 14.7. The van der Waals surface area contributed by atoms with Crippen LogP contribution in [-0.4, -0.2) is 77.4 Å². The van der Waals surface area contributed by atoms with Crippen molar-refractivity contribution >= 4 is 27.5 Å². The Morgan fingerprint density at radius 2 is 1.91 bits per heavy atom. The van der Waals surface area contributed by atoms with Crippen LogP contribution in [0.5, 0.6) is 11.5 Å². The van der Waals surface area contributed by atoms with Crippen molar-refractivity contribution in [1.29, 1.82) is 5.41 Å². The topological polar surface area (TPSA) is 172 Å². The summed E-state index contributed by atoms with van der Waals surface area (Å²) < 4.78 is 35.4. The number of anilines is 2. The molecule has 13 nitrogen and oxygen atoms in total. The number of guanidine groups is 1. The Labute approximate surface area is 250 Å². The molecule has 5 heterocycles. The van der Waals surface area contributed by atoms with Gasteiger partial charge in [0, 0.05) is 51.2 Å². The number of likely N-dealkylation sites (tertiary alicyclic amines) is 1. The fourth-order valence-electron chi connectivity index (χ4n) is 6.14. The number of nitrogens with two attached hydrogens (primary N) is 1. The molecule has 0 spiro atoms. The number of sulfonamides is 1. The summed E-state index contributed by atoms with van der Waals surface area (Å²) >= 11 is 0. The zero-order valence-corrected chi connectivity index (χ0v) is 24.7. The second kappa shape index (κ2) is 12.3. The third-order valence-electron chi connectivity index (χ3n) is 8.51. The molecule has 2 aromatic heterocycles. The van der Waals surface area contributed by atoms with E-state index in [0.717, 1.165) is 50.1 Å². The van der Waals surface area contributed by atoms with Crippen molar-refractivity contribution in [3.05, 3.63) is 65.0 Å². The van der Waals surface area contributed by atoms with Gasteiger partial charge in [0.1, 0.15) is 4.90 Å². The van der Waals surface area contributed by atoms with E-state index in [9.17, 15) is 13.2 Å². The van der Waals surface area contributed by atoms with Gasteiger partial charge in [-0.15, -0.1) is 0 Å². The highest BCUT2D eigenvalue weighted by Gasteiger charge is 2.31. The van der Waals surface area contributed by atoms with E-state index in [-0.39, 0.29) is 28.5 Å². The largest absolute Gasteiger partial charge is 0.450 e. The van der Waals surface area contributed by atoms with Crippen LogP contribution in [-0.2, 0) is 10.0 Å². The lowest BCUT2D eigenvalue weighted by atomic mass is 9.90. The van der Waals surface area contributed by atoms with E-state index in [4.69, 9.17) is 15.9 Å². The Balaban J connectivity index is 1.07. The van der Waals surface area contributed by atoms with Gasteiger partial charge in [0.15, 0.2) is 23.3 Å². The van der Waals surface area contributed by atoms with Gasteiger partial charge in [-0.1, -0.05) is 6.07 Å². The molecular formula is C29H37N9O4S. The normalized spacial score (nSPS) is 18.2. The quantitative estimate of drug-likeness (QED) is 0.133. The first kappa shape index (κ1) is 29.1. The van der Waals surface area contributed by atoms with Gasteiger partial charge in [0.2, 0.25) is 10.0 Å². The van der Waals surface area contributed by atoms with Crippen LogP contribution in [0.15, 0.2) is 58.6 Å². The van der Waals surface area contributed by atoms with Gasteiger partial charge >= 0.3 is 5.69 Å². The highest BCUT2D eigenvalue weighted by Crippen LogP contribution is 2.43. The first-order valence-corrected chi connectivity index (χ1v) is 16.1. The minimum absolute atomic E-state index is 0.00834. The van der Waals surface area contributed by atoms with Crippen molar-refractivity contribution in [1.82, 2.24) is 29.1 Å². The van der Waals surface area contributed by atoms with Crippen LogP contribution in [0, 0.1) is 5.41 Å². The molecule has 3 aliphatic heterocycles. The molecule has 43 heavy (non-hydrogen) atoms. The van der Waals surface area contributed by atoms with E-state index >= 15 is 0 Å². The van der Waals surface area contributed by atoms with Crippen molar-refractivity contribution in [2.75, 3.05) is 44.6 Å². The number of ether oxygens (including phenoxy) is 1. The Bertz CT molecular complexity index is 1630. The molecule has 14 heteroatoms. The van der Waals surface area contributed by atoms with Gasteiger partial charge < -0.3 is 26.0 Å². The van der Waals surface area contributed by atoms with Gasteiger partial charge in [0.05, 0.1) is 11.9 Å². The monoisotopic (exact) mass is 607 g/mol. The second-order valence-corrected chi connectivity index (χ2v) is 13.2. The molecule has 0 radical (unpaired) electrons. The summed E-state index contributed by atoms with van der Waals surface area (Å²) in [6.45, 7) is 4.22. The third-order valence-corrected chi connectivity index (χ3v) is 10.4. The fourth-order valence-corrected chi connectivity index (χ4v) is 7.57. The third kappa shape index (κ3) is 6.36. The number of aromatic nitrogens is 3. The number of benzene rings is 1. The van der Waals surface area contributed by atoms with Crippen LogP contribution in [0.25, 0.3) is 0 Å². The lowest BCUT2D eigenvalue weighted by Gasteiger charge is -2.33. The molecular weight excluding hydrogens is 570 g/mol. The second-order valence-electron chi connectivity index (χ2n) is 11.3. The molecule has 0 aliphatic carbocycles. The summed E-state index contributed by atoms with van der Waals surface area (Å²) in [6, 6.07) is 9.24. The molecule has 3 aromatic rings. The van der Waals surface area contributed by atoms with E-state index in [1.807, 2.05) is 18.2 Å². The molecule has 0 atom stereocenters. The number of hydrogen-bond donors (Lipinski definition) is 4. The maximum atomic E-state index is 13.0. The van der Waals surface area contributed by atoms with Crippen LogP contribution in [0.3, 0.4) is 0 Å². The van der Waals surface area contributed by atoms with Crippen LogP contribution < -0.4 is 26.8 Å². The van der Waals surface area contributed by atoms with Crippen molar-refractivity contribution in [3.8, 4) is 11.5 Å². The minimum Gasteiger partial charge on any atom is -0.450 e. The van der Waals surface area contributed by atoms with Gasteiger partial charge in [-0.25, -0.2) is 13.2 Å². The van der Waals surface area contributed by atoms with Crippen molar-refractivity contribution in [3.63, 3.8) is 0 Å². The number of pyridine rings is 1. The molecule has 0 bridgehead atoms. The number of hydrogen-bond acceptors (Lipinski definition) is 9. The number of nitrogens with zero attached hydrogens (tertiary/aromatic N) is 5. The summed E-state index contributed by atoms with van der Waals surface area (Å²) in [6.07, 6.45) is 8.71. The molecule has 228 valence electrons. The zero-order chi connectivity index (χ0) is 30.0. The molecule has 1 aromatic carbocycles. The Kier molecular flexibility index (Phi) is 8.32. The molecule has 0 amide bonds. The molecule has 2 saturated heterocycles. The van der Waals surface area contributed by atoms with E-state index in [2.05, 4.69) is 25.5 Å². The highest BCUT2D eigenvalue weighted by atomic mass is 32.2.